The molecular formula is C14H19BrClNO3S. The van der Waals surface area contributed by atoms with E-state index in [1.165, 1.54) is 12.1 Å². The Morgan fingerprint density at radius 1 is 1.38 bits per heavy atom. The van der Waals surface area contributed by atoms with Gasteiger partial charge in [-0.25, -0.2) is 8.42 Å². The number of halogens is 2. The lowest BCUT2D eigenvalue weighted by Crippen LogP contribution is -2.44. The highest BCUT2D eigenvalue weighted by atomic mass is 79.9. The second kappa shape index (κ2) is 6.26. The van der Waals surface area contributed by atoms with Gasteiger partial charge in [0, 0.05) is 33.3 Å². The van der Waals surface area contributed by atoms with Gasteiger partial charge in [-0.05, 0) is 44.9 Å². The number of carbonyl (C=O) groups is 1. The van der Waals surface area contributed by atoms with Gasteiger partial charge in [-0.3, -0.25) is 4.79 Å². The molecule has 0 fully saturated rings. The normalized spacial score (nSPS) is 12.3. The molecule has 0 spiro atoms. The van der Waals surface area contributed by atoms with Gasteiger partial charge in [-0.1, -0.05) is 22.9 Å². The maximum Gasteiger partial charge on any atom is 0.261 e. The van der Waals surface area contributed by atoms with Crippen molar-refractivity contribution in [3.05, 3.63) is 27.7 Å². The van der Waals surface area contributed by atoms with Crippen LogP contribution in [0.1, 0.15) is 43.1 Å². The Labute approximate surface area is 139 Å². The van der Waals surface area contributed by atoms with Gasteiger partial charge < -0.3 is 4.90 Å². The minimum Gasteiger partial charge on any atom is -0.337 e. The van der Waals surface area contributed by atoms with Crippen LogP contribution in [0.4, 0.5) is 0 Å². The maximum atomic E-state index is 12.7. The van der Waals surface area contributed by atoms with E-state index in [4.69, 9.17) is 10.7 Å². The number of nitrogens with zero attached hydrogens (tertiary/aromatic N) is 1. The van der Waals surface area contributed by atoms with E-state index in [2.05, 4.69) is 15.9 Å². The summed E-state index contributed by atoms with van der Waals surface area (Å²) in [7, 11) is 3.20. The fourth-order valence-electron chi connectivity index (χ4n) is 1.71. The summed E-state index contributed by atoms with van der Waals surface area (Å²) >= 11 is 3.28. The average molecular weight is 397 g/mol. The average Bonchev–Trinajstić information content (AvgIpc) is 2.38. The molecule has 1 amide bonds. The molecule has 0 aromatic heterocycles. The lowest BCUT2D eigenvalue weighted by molar-refractivity contribution is 0.0619. The van der Waals surface area contributed by atoms with Crippen molar-refractivity contribution in [1.29, 1.82) is 0 Å². The molecule has 0 saturated heterocycles. The molecule has 118 valence electrons. The van der Waals surface area contributed by atoms with Gasteiger partial charge in [0.1, 0.15) is 0 Å². The van der Waals surface area contributed by atoms with Gasteiger partial charge in [0.05, 0.1) is 4.90 Å². The molecule has 0 heterocycles. The fraction of sp³-hybridized carbons (Fsp3) is 0.500. The summed E-state index contributed by atoms with van der Waals surface area (Å²) in [5.41, 5.74) is 0.682. The van der Waals surface area contributed by atoms with Crippen LogP contribution < -0.4 is 0 Å². The Balaban J connectivity index is 3.43. The van der Waals surface area contributed by atoms with Crippen LogP contribution in [0.3, 0.4) is 0 Å². The van der Waals surface area contributed by atoms with E-state index in [0.717, 1.165) is 6.42 Å². The fourth-order valence-corrected chi connectivity index (χ4v) is 3.11. The van der Waals surface area contributed by atoms with Gasteiger partial charge in [0.15, 0.2) is 0 Å². The molecule has 0 atom stereocenters. The lowest BCUT2D eigenvalue weighted by Gasteiger charge is -2.35. The van der Waals surface area contributed by atoms with Crippen LogP contribution >= 0.6 is 26.6 Å². The van der Waals surface area contributed by atoms with E-state index in [1.807, 2.05) is 20.8 Å². The first kappa shape index (κ1) is 18.5. The third-order valence-corrected chi connectivity index (χ3v) is 6.06. The van der Waals surface area contributed by atoms with Crippen molar-refractivity contribution >= 4 is 41.6 Å². The van der Waals surface area contributed by atoms with Crippen molar-refractivity contribution in [3.8, 4) is 0 Å². The van der Waals surface area contributed by atoms with Gasteiger partial charge in [-0.2, -0.15) is 0 Å². The molecule has 0 aliphatic rings. The van der Waals surface area contributed by atoms with Crippen molar-refractivity contribution in [3.63, 3.8) is 0 Å². The SMILES string of the molecule is CCC(C)(C)N(C)C(=O)c1cc(S(=O)(=O)Cl)cc(Br)c1C. The Morgan fingerprint density at radius 2 is 1.90 bits per heavy atom. The molecule has 4 nitrogen and oxygen atoms in total. The highest BCUT2D eigenvalue weighted by Crippen LogP contribution is 2.29. The molecule has 21 heavy (non-hydrogen) atoms. The highest BCUT2D eigenvalue weighted by Gasteiger charge is 2.28. The summed E-state index contributed by atoms with van der Waals surface area (Å²) in [5, 5.41) is 0. The van der Waals surface area contributed by atoms with Crippen LogP contribution in [0.2, 0.25) is 0 Å². The van der Waals surface area contributed by atoms with Gasteiger partial charge >= 0.3 is 0 Å². The smallest absolute Gasteiger partial charge is 0.261 e. The zero-order chi connectivity index (χ0) is 16.6. The number of amides is 1. The molecular weight excluding hydrogens is 378 g/mol. The molecule has 0 radical (unpaired) electrons. The summed E-state index contributed by atoms with van der Waals surface area (Å²) in [6.45, 7) is 7.66. The van der Waals surface area contributed by atoms with Crippen LogP contribution in [0.15, 0.2) is 21.5 Å². The summed E-state index contributed by atoms with van der Waals surface area (Å²) < 4.78 is 23.6. The molecule has 1 aromatic rings. The maximum absolute atomic E-state index is 12.7. The molecule has 0 saturated carbocycles. The van der Waals surface area contributed by atoms with Crippen LogP contribution in [0, 0.1) is 6.92 Å². The Kier molecular flexibility index (Phi) is 5.51. The predicted octanol–water partition coefficient (Wildman–Crippen LogP) is 3.95. The number of hydrogen-bond donors (Lipinski definition) is 0. The van der Waals surface area contributed by atoms with E-state index in [9.17, 15) is 13.2 Å². The molecule has 0 N–H and O–H groups in total. The first-order valence-corrected chi connectivity index (χ1v) is 9.55. The van der Waals surface area contributed by atoms with Gasteiger partial charge in [0.25, 0.3) is 15.0 Å². The second-order valence-corrected chi connectivity index (χ2v) is 8.97. The highest BCUT2D eigenvalue weighted by molar-refractivity contribution is 9.10. The molecule has 0 aliphatic heterocycles. The minimum absolute atomic E-state index is 0.0901. The van der Waals surface area contributed by atoms with Crippen molar-refractivity contribution in [2.45, 2.75) is 44.6 Å². The standard InChI is InChI=1S/C14H19BrClNO3S/c1-6-14(3,4)17(5)13(18)11-7-10(21(16,19)20)8-12(15)9(11)2/h7-8H,6H2,1-5H3. The van der Waals surface area contributed by atoms with Crippen LogP contribution in [-0.2, 0) is 9.05 Å². The first-order chi connectivity index (χ1) is 9.41. The third-order valence-electron chi connectivity index (χ3n) is 3.91. The van der Waals surface area contributed by atoms with Crippen molar-refractivity contribution in [1.82, 2.24) is 4.90 Å². The Bertz CT molecular complexity index is 671. The minimum atomic E-state index is -3.89. The zero-order valence-electron chi connectivity index (χ0n) is 12.7. The summed E-state index contributed by atoms with van der Waals surface area (Å²) in [5.74, 6) is -0.234. The summed E-state index contributed by atoms with van der Waals surface area (Å²) in [6, 6.07) is 2.73. The molecule has 0 aliphatic carbocycles. The molecule has 1 aromatic carbocycles. The quantitative estimate of drug-likeness (QED) is 0.724. The molecule has 0 bridgehead atoms. The molecule has 7 heteroatoms. The van der Waals surface area contributed by atoms with Crippen molar-refractivity contribution in [2.75, 3.05) is 7.05 Å². The van der Waals surface area contributed by atoms with Gasteiger partial charge in [-0.15, -0.1) is 0 Å². The Morgan fingerprint density at radius 3 is 2.33 bits per heavy atom. The van der Waals surface area contributed by atoms with E-state index < -0.39 is 9.05 Å². The number of hydrogen-bond acceptors (Lipinski definition) is 3. The monoisotopic (exact) mass is 395 g/mol. The van der Waals surface area contributed by atoms with E-state index in [0.29, 0.717) is 15.6 Å². The Hall–Kier alpha value is -0.590. The lowest BCUT2D eigenvalue weighted by atomic mass is 9.98. The number of carbonyl (C=O) groups excluding carboxylic acids is 1. The largest absolute Gasteiger partial charge is 0.337 e. The van der Waals surface area contributed by atoms with E-state index in [-0.39, 0.29) is 16.3 Å². The van der Waals surface area contributed by atoms with E-state index >= 15 is 0 Å². The van der Waals surface area contributed by atoms with E-state index in [1.54, 1.807) is 18.9 Å². The first-order valence-electron chi connectivity index (χ1n) is 6.44. The third kappa shape index (κ3) is 3.99. The van der Waals surface area contributed by atoms with Crippen molar-refractivity contribution < 1.29 is 13.2 Å². The van der Waals surface area contributed by atoms with Crippen molar-refractivity contribution in [2.24, 2.45) is 0 Å². The van der Waals surface area contributed by atoms with Crippen LogP contribution in [0.5, 0.6) is 0 Å². The number of benzene rings is 1. The summed E-state index contributed by atoms with van der Waals surface area (Å²) in [4.78, 5) is 14.2. The topological polar surface area (TPSA) is 54.5 Å². The van der Waals surface area contributed by atoms with Crippen LogP contribution in [0.25, 0.3) is 0 Å². The zero-order valence-corrected chi connectivity index (χ0v) is 15.9. The van der Waals surface area contributed by atoms with Gasteiger partial charge in [0.2, 0.25) is 0 Å². The molecule has 0 unspecified atom stereocenters. The molecule has 1 rings (SSSR count). The van der Waals surface area contributed by atoms with Crippen LogP contribution in [-0.4, -0.2) is 31.8 Å². The summed E-state index contributed by atoms with van der Waals surface area (Å²) in [6.07, 6.45) is 0.781. The predicted molar refractivity (Wildman–Crippen MR) is 88.4 cm³/mol. The second-order valence-electron chi connectivity index (χ2n) is 5.55. The number of rotatable bonds is 4.